The standard InChI is InChI=1S/C12H9Br2NO4S2/c1-6-10(5-11(14)20-6)21(18,19)15-9-4-7(12(16)17)2-3-8(9)13/h2-5,15H,1H3,(H,16,17). The Kier molecular flexibility index (Phi) is 4.76. The maximum atomic E-state index is 12.4. The highest BCUT2D eigenvalue weighted by molar-refractivity contribution is 9.11. The molecule has 2 N–H and O–H groups in total. The zero-order valence-corrected chi connectivity index (χ0v) is 15.4. The van der Waals surface area contributed by atoms with Crippen LogP contribution in [0, 0.1) is 6.92 Å². The number of benzene rings is 1. The second-order valence-electron chi connectivity index (χ2n) is 4.08. The predicted octanol–water partition coefficient (Wildman–Crippen LogP) is 4.08. The first-order valence-electron chi connectivity index (χ1n) is 5.52. The average molecular weight is 455 g/mol. The zero-order valence-electron chi connectivity index (χ0n) is 10.6. The third kappa shape index (κ3) is 3.65. The molecule has 0 spiro atoms. The fourth-order valence-electron chi connectivity index (χ4n) is 1.63. The van der Waals surface area contributed by atoms with E-state index in [1.165, 1.54) is 35.6 Å². The summed E-state index contributed by atoms with van der Waals surface area (Å²) in [5.41, 5.74) is 0.177. The molecule has 0 radical (unpaired) electrons. The van der Waals surface area contributed by atoms with Gasteiger partial charge in [-0.15, -0.1) is 11.3 Å². The van der Waals surface area contributed by atoms with Gasteiger partial charge >= 0.3 is 5.97 Å². The highest BCUT2D eigenvalue weighted by Gasteiger charge is 2.21. The Bertz CT molecular complexity index is 815. The average Bonchev–Trinajstić information content (AvgIpc) is 2.71. The van der Waals surface area contributed by atoms with Crippen LogP contribution in [-0.2, 0) is 10.0 Å². The van der Waals surface area contributed by atoms with E-state index in [1.807, 2.05) is 0 Å². The highest BCUT2D eigenvalue weighted by atomic mass is 79.9. The number of carboxylic acid groups (broad SMARTS) is 1. The lowest BCUT2D eigenvalue weighted by molar-refractivity contribution is 0.0697. The third-order valence-electron chi connectivity index (χ3n) is 2.59. The maximum absolute atomic E-state index is 12.4. The number of sulfonamides is 1. The van der Waals surface area contributed by atoms with Crippen LogP contribution in [0.3, 0.4) is 0 Å². The number of anilines is 1. The number of hydrogen-bond acceptors (Lipinski definition) is 4. The Hall–Kier alpha value is -0.900. The number of hydrogen-bond donors (Lipinski definition) is 2. The molecule has 1 aromatic heterocycles. The lowest BCUT2D eigenvalue weighted by atomic mass is 10.2. The molecule has 0 atom stereocenters. The van der Waals surface area contributed by atoms with E-state index in [0.29, 0.717) is 13.1 Å². The summed E-state index contributed by atoms with van der Waals surface area (Å²) in [5.74, 6) is -1.13. The largest absolute Gasteiger partial charge is 0.478 e. The Morgan fingerprint density at radius 3 is 2.48 bits per heavy atom. The molecule has 0 fully saturated rings. The molecule has 2 aromatic rings. The van der Waals surface area contributed by atoms with Gasteiger partial charge in [0.15, 0.2) is 0 Å². The third-order valence-corrected chi connectivity index (χ3v) is 6.46. The van der Waals surface area contributed by atoms with Gasteiger partial charge in [0.25, 0.3) is 10.0 Å². The number of carbonyl (C=O) groups is 1. The molecule has 5 nitrogen and oxygen atoms in total. The van der Waals surface area contributed by atoms with Crippen LogP contribution in [0.15, 0.2) is 37.4 Å². The molecule has 0 aliphatic carbocycles. The Morgan fingerprint density at radius 2 is 1.95 bits per heavy atom. The predicted molar refractivity (Wildman–Crippen MR) is 88.7 cm³/mol. The molecular weight excluding hydrogens is 446 g/mol. The SMILES string of the molecule is Cc1sc(Br)cc1S(=O)(=O)Nc1cc(C(=O)O)ccc1Br. The summed E-state index contributed by atoms with van der Waals surface area (Å²) in [5, 5.41) is 8.97. The molecule has 0 saturated heterocycles. The van der Waals surface area contributed by atoms with Gasteiger partial charge in [-0.25, -0.2) is 13.2 Å². The zero-order chi connectivity index (χ0) is 15.8. The number of aryl methyl sites for hydroxylation is 1. The second-order valence-corrected chi connectivity index (χ2v) is 9.22. The smallest absolute Gasteiger partial charge is 0.335 e. The minimum atomic E-state index is -3.78. The van der Waals surface area contributed by atoms with Crippen molar-refractivity contribution < 1.29 is 18.3 Å². The van der Waals surface area contributed by atoms with E-state index in [9.17, 15) is 13.2 Å². The van der Waals surface area contributed by atoms with E-state index in [-0.39, 0.29) is 16.1 Å². The molecule has 21 heavy (non-hydrogen) atoms. The summed E-state index contributed by atoms with van der Waals surface area (Å²) < 4.78 is 28.3. The minimum absolute atomic E-state index is 0.000814. The molecule has 9 heteroatoms. The van der Waals surface area contributed by atoms with Gasteiger partial charge in [-0.05, 0) is 63.0 Å². The van der Waals surface area contributed by atoms with Gasteiger partial charge < -0.3 is 5.11 Å². The molecule has 0 amide bonds. The number of thiophene rings is 1. The van der Waals surface area contributed by atoms with Gasteiger partial charge in [0, 0.05) is 9.35 Å². The lowest BCUT2D eigenvalue weighted by Gasteiger charge is -2.10. The second kappa shape index (κ2) is 6.07. The van der Waals surface area contributed by atoms with E-state index >= 15 is 0 Å². The normalized spacial score (nSPS) is 11.4. The first-order valence-corrected chi connectivity index (χ1v) is 9.41. The van der Waals surface area contributed by atoms with E-state index < -0.39 is 16.0 Å². The van der Waals surface area contributed by atoms with E-state index in [0.717, 1.165) is 0 Å². The first-order chi connectivity index (χ1) is 9.70. The number of aromatic carboxylic acids is 1. The quantitative estimate of drug-likeness (QED) is 0.728. The lowest BCUT2D eigenvalue weighted by Crippen LogP contribution is -2.14. The first kappa shape index (κ1) is 16.5. The Balaban J connectivity index is 2.43. The van der Waals surface area contributed by atoms with Crippen molar-refractivity contribution in [1.82, 2.24) is 0 Å². The van der Waals surface area contributed by atoms with Crippen molar-refractivity contribution in [3.63, 3.8) is 0 Å². The van der Waals surface area contributed by atoms with Crippen molar-refractivity contribution >= 4 is 64.9 Å². The monoisotopic (exact) mass is 453 g/mol. The molecule has 0 unspecified atom stereocenters. The summed E-state index contributed by atoms with van der Waals surface area (Å²) in [6, 6.07) is 5.65. The van der Waals surface area contributed by atoms with Crippen LogP contribution in [0.5, 0.6) is 0 Å². The Labute approximate surface area is 142 Å². The van der Waals surface area contributed by atoms with Crippen LogP contribution in [0.25, 0.3) is 0 Å². The van der Waals surface area contributed by atoms with Gasteiger partial charge in [0.1, 0.15) is 4.90 Å². The topological polar surface area (TPSA) is 83.5 Å². The van der Waals surface area contributed by atoms with Gasteiger partial charge in [-0.2, -0.15) is 0 Å². The molecule has 0 aliphatic rings. The summed E-state index contributed by atoms with van der Waals surface area (Å²) in [6.45, 7) is 1.70. The molecule has 0 bridgehead atoms. The highest BCUT2D eigenvalue weighted by Crippen LogP contribution is 2.32. The van der Waals surface area contributed by atoms with Gasteiger partial charge in [-0.3, -0.25) is 4.72 Å². The van der Waals surface area contributed by atoms with Crippen LogP contribution in [0.1, 0.15) is 15.2 Å². The van der Waals surface area contributed by atoms with Crippen molar-refractivity contribution in [2.45, 2.75) is 11.8 Å². The van der Waals surface area contributed by atoms with Crippen LogP contribution in [0.4, 0.5) is 5.69 Å². The van der Waals surface area contributed by atoms with E-state index in [4.69, 9.17) is 5.11 Å². The van der Waals surface area contributed by atoms with E-state index in [1.54, 1.807) is 6.92 Å². The fourth-order valence-corrected chi connectivity index (χ4v) is 5.60. The molecule has 112 valence electrons. The van der Waals surface area contributed by atoms with Crippen molar-refractivity contribution in [3.8, 4) is 0 Å². The van der Waals surface area contributed by atoms with Crippen LogP contribution < -0.4 is 4.72 Å². The number of halogens is 2. The van der Waals surface area contributed by atoms with Crippen molar-refractivity contribution in [3.05, 3.63) is 43.0 Å². The summed E-state index contributed by atoms with van der Waals surface area (Å²) in [4.78, 5) is 11.8. The summed E-state index contributed by atoms with van der Waals surface area (Å²) in [7, 11) is -3.78. The maximum Gasteiger partial charge on any atom is 0.335 e. The number of carboxylic acids is 1. The van der Waals surface area contributed by atoms with E-state index in [2.05, 4.69) is 36.6 Å². The van der Waals surface area contributed by atoms with Crippen LogP contribution in [-0.4, -0.2) is 19.5 Å². The van der Waals surface area contributed by atoms with Crippen LogP contribution >= 0.6 is 43.2 Å². The molecule has 0 aliphatic heterocycles. The molecule has 0 saturated carbocycles. The van der Waals surface area contributed by atoms with Gasteiger partial charge in [0.05, 0.1) is 15.0 Å². The molecule has 2 rings (SSSR count). The van der Waals surface area contributed by atoms with Crippen molar-refractivity contribution in [2.24, 2.45) is 0 Å². The van der Waals surface area contributed by atoms with Crippen LogP contribution in [0.2, 0.25) is 0 Å². The number of rotatable bonds is 4. The molecular formula is C12H9Br2NO4S2. The molecule has 1 heterocycles. The Morgan fingerprint density at radius 1 is 1.29 bits per heavy atom. The fraction of sp³-hybridized carbons (Fsp3) is 0.0833. The van der Waals surface area contributed by atoms with Gasteiger partial charge in [0.2, 0.25) is 0 Å². The van der Waals surface area contributed by atoms with Gasteiger partial charge in [-0.1, -0.05) is 0 Å². The number of nitrogens with one attached hydrogen (secondary N) is 1. The molecule has 1 aromatic carbocycles. The minimum Gasteiger partial charge on any atom is -0.478 e. The summed E-state index contributed by atoms with van der Waals surface area (Å²) in [6.07, 6.45) is 0. The summed E-state index contributed by atoms with van der Waals surface area (Å²) >= 11 is 7.76. The van der Waals surface area contributed by atoms with Crippen molar-refractivity contribution in [1.29, 1.82) is 0 Å². The van der Waals surface area contributed by atoms with Crippen molar-refractivity contribution in [2.75, 3.05) is 4.72 Å².